The molecule has 1 nitrogen and oxygen atoms in total. The van der Waals surface area contributed by atoms with Crippen LogP contribution in [0.1, 0.15) is 0 Å². The molecule has 0 N–H and O–H groups in total. The molecule has 3 rings (SSSR count). The number of hydrogen-bond donors (Lipinski definition) is 0. The minimum absolute atomic E-state index is 0.105. The van der Waals surface area contributed by atoms with Crippen LogP contribution in [-0.2, 0) is 0 Å². The van der Waals surface area contributed by atoms with Gasteiger partial charge in [-0.2, -0.15) is 13.2 Å². The lowest BCUT2D eigenvalue weighted by Crippen LogP contribution is -2.01. The first kappa shape index (κ1) is 15.4. The molecule has 0 bridgehead atoms. The molecule has 0 spiro atoms. The Hall–Kier alpha value is -1.53. The molecule has 2 aromatic carbocycles. The number of fused-ring (bicyclic) bond motifs is 1. The van der Waals surface area contributed by atoms with Gasteiger partial charge >= 0.3 is 5.51 Å². The van der Waals surface area contributed by atoms with Crippen LogP contribution in [0.5, 0.6) is 0 Å². The average molecular weight is 384 g/mol. The van der Waals surface area contributed by atoms with Gasteiger partial charge in [0.05, 0.1) is 11.2 Å². The standard InChI is InChI=1S/C16H9BrF3NS/c17-12-7-6-11-8-14(22-16(18,19)20)15(21-13(11)9-12)10-4-2-1-3-5-10/h1-9H. The van der Waals surface area contributed by atoms with Crippen molar-refractivity contribution in [1.29, 1.82) is 0 Å². The van der Waals surface area contributed by atoms with Crippen LogP contribution in [0, 0.1) is 0 Å². The normalized spacial score (nSPS) is 11.8. The minimum Gasteiger partial charge on any atom is -0.247 e. The van der Waals surface area contributed by atoms with Crippen LogP contribution in [0.25, 0.3) is 22.2 Å². The first-order chi connectivity index (χ1) is 10.4. The van der Waals surface area contributed by atoms with Gasteiger partial charge in [-0.15, -0.1) is 0 Å². The molecule has 0 aliphatic carbocycles. The lowest BCUT2D eigenvalue weighted by molar-refractivity contribution is -0.0328. The second kappa shape index (κ2) is 5.93. The number of rotatable bonds is 2. The van der Waals surface area contributed by atoms with Crippen molar-refractivity contribution in [3.63, 3.8) is 0 Å². The number of pyridine rings is 1. The van der Waals surface area contributed by atoms with E-state index >= 15 is 0 Å². The van der Waals surface area contributed by atoms with Gasteiger partial charge in [0.25, 0.3) is 0 Å². The SMILES string of the molecule is FC(F)(F)Sc1cc2ccc(Br)cc2nc1-c1ccccc1. The largest absolute Gasteiger partial charge is 0.446 e. The first-order valence-electron chi connectivity index (χ1n) is 6.34. The van der Waals surface area contributed by atoms with E-state index in [0.717, 1.165) is 4.47 Å². The van der Waals surface area contributed by atoms with Crippen molar-refractivity contribution in [2.24, 2.45) is 0 Å². The van der Waals surface area contributed by atoms with Gasteiger partial charge in [-0.05, 0) is 30.0 Å². The van der Waals surface area contributed by atoms with E-state index in [1.165, 1.54) is 6.07 Å². The Morgan fingerprint density at radius 3 is 2.36 bits per heavy atom. The second-order valence-corrected chi connectivity index (χ2v) is 6.61. The lowest BCUT2D eigenvalue weighted by atomic mass is 10.1. The molecule has 1 heterocycles. The molecule has 0 atom stereocenters. The summed E-state index contributed by atoms with van der Waals surface area (Å²) in [6.45, 7) is 0. The fraction of sp³-hybridized carbons (Fsp3) is 0.0625. The molecule has 6 heteroatoms. The van der Waals surface area contributed by atoms with E-state index in [1.54, 1.807) is 42.5 Å². The molecule has 0 saturated carbocycles. The monoisotopic (exact) mass is 383 g/mol. The summed E-state index contributed by atoms with van der Waals surface area (Å²) in [6, 6.07) is 15.8. The Morgan fingerprint density at radius 1 is 0.955 bits per heavy atom. The summed E-state index contributed by atoms with van der Waals surface area (Å²) in [4.78, 5) is 4.54. The van der Waals surface area contributed by atoms with Crippen LogP contribution in [0.2, 0.25) is 0 Å². The molecule has 0 fully saturated rings. The lowest BCUT2D eigenvalue weighted by Gasteiger charge is -2.12. The third-order valence-electron chi connectivity index (χ3n) is 3.02. The van der Waals surface area contributed by atoms with E-state index in [2.05, 4.69) is 20.9 Å². The van der Waals surface area contributed by atoms with Crippen LogP contribution in [-0.4, -0.2) is 10.5 Å². The zero-order valence-corrected chi connectivity index (χ0v) is 13.5. The van der Waals surface area contributed by atoms with Crippen molar-refractivity contribution < 1.29 is 13.2 Å². The molecule has 0 unspecified atom stereocenters. The maximum absolute atomic E-state index is 12.8. The van der Waals surface area contributed by atoms with Gasteiger partial charge in [-0.3, -0.25) is 0 Å². The number of alkyl halides is 3. The number of aromatic nitrogens is 1. The molecular weight excluding hydrogens is 375 g/mol. The van der Waals surface area contributed by atoms with Crippen LogP contribution < -0.4 is 0 Å². The van der Waals surface area contributed by atoms with Crippen LogP contribution in [0.3, 0.4) is 0 Å². The quantitative estimate of drug-likeness (QED) is 0.483. The number of nitrogens with zero attached hydrogens (tertiary/aromatic N) is 1. The molecule has 0 radical (unpaired) electrons. The number of halogens is 4. The zero-order chi connectivity index (χ0) is 15.7. The summed E-state index contributed by atoms with van der Waals surface area (Å²) in [6.07, 6.45) is 0. The molecule has 3 aromatic rings. The third kappa shape index (κ3) is 3.44. The highest BCUT2D eigenvalue weighted by Gasteiger charge is 2.31. The third-order valence-corrected chi connectivity index (χ3v) is 4.27. The van der Waals surface area contributed by atoms with Gasteiger partial charge in [-0.25, -0.2) is 4.98 Å². The molecule has 0 aliphatic heterocycles. The maximum atomic E-state index is 12.8. The van der Waals surface area contributed by atoms with Gasteiger partial charge in [0.15, 0.2) is 0 Å². The van der Waals surface area contributed by atoms with Crippen LogP contribution in [0.4, 0.5) is 13.2 Å². The van der Waals surface area contributed by atoms with E-state index in [0.29, 0.717) is 22.2 Å². The van der Waals surface area contributed by atoms with Crippen molar-refractivity contribution in [2.75, 3.05) is 0 Å². The smallest absolute Gasteiger partial charge is 0.247 e. The van der Waals surface area contributed by atoms with Gasteiger partial charge in [0, 0.05) is 20.3 Å². The predicted octanol–water partition coefficient (Wildman–Crippen LogP) is 6.28. The van der Waals surface area contributed by atoms with Crippen molar-refractivity contribution >= 4 is 38.6 Å². The summed E-state index contributed by atoms with van der Waals surface area (Å²) in [5.41, 5.74) is -2.70. The molecule has 112 valence electrons. The Labute approximate surface area is 137 Å². The molecular formula is C16H9BrF3NS. The van der Waals surface area contributed by atoms with Crippen molar-refractivity contribution in [1.82, 2.24) is 4.98 Å². The summed E-state index contributed by atoms with van der Waals surface area (Å²) in [5.74, 6) is 0. The van der Waals surface area contributed by atoms with Gasteiger partial charge in [0.2, 0.25) is 0 Å². The van der Waals surface area contributed by atoms with E-state index in [-0.39, 0.29) is 16.7 Å². The van der Waals surface area contributed by atoms with Crippen molar-refractivity contribution in [3.8, 4) is 11.3 Å². The maximum Gasteiger partial charge on any atom is 0.446 e. The molecule has 1 aromatic heterocycles. The van der Waals surface area contributed by atoms with E-state index in [9.17, 15) is 13.2 Å². The Bertz CT molecular complexity index is 819. The highest BCUT2D eigenvalue weighted by molar-refractivity contribution is 9.10. The summed E-state index contributed by atoms with van der Waals surface area (Å²) in [5, 5.41) is 0.676. The minimum atomic E-state index is -4.35. The first-order valence-corrected chi connectivity index (χ1v) is 7.95. The highest BCUT2D eigenvalue weighted by atomic mass is 79.9. The fourth-order valence-corrected chi connectivity index (χ4v) is 3.17. The number of thioether (sulfide) groups is 1. The van der Waals surface area contributed by atoms with E-state index < -0.39 is 5.51 Å². The van der Waals surface area contributed by atoms with E-state index in [1.807, 2.05) is 6.07 Å². The highest BCUT2D eigenvalue weighted by Crippen LogP contribution is 2.42. The summed E-state index contributed by atoms with van der Waals surface area (Å²) in [7, 11) is 0. The van der Waals surface area contributed by atoms with Gasteiger partial charge < -0.3 is 0 Å². The number of benzene rings is 2. The molecule has 0 saturated heterocycles. The molecule has 0 amide bonds. The zero-order valence-electron chi connectivity index (χ0n) is 11.1. The topological polar surface area (TPSA) is 12.9 Å². The Kier molecular flexibility index (Phi) is 4.14. The Balaban J connectivity index is 2.23. The van der Waals surface area contributed by atoms with Gasteiger partial charge in [-0.1, -0.05) is 52.3 Å². The fourth-order valence-electron chi connectivity index (χ4n) is 2.13. The summed E-state index contributed by atoms with van der Waals surface area (Å²) < 4.78 is 39.3. The predicted molar refractivity (Wildman–Crippen MR) is 86.8 cm³/mol. The number of hydrogen-bond acceptors (Lipinski definition) is 2. The van der Waals surface area contributed by atoms with Crippen LogP contribution >= 0.6 is 27.7 Å². The summed E-state index contributed by atoms with van der Waals surface area (Å²) >= 11 is 3.22. The van der Waals surface area contributed by atoms with Crippen molar-refractivity contribution in [3.05, 3.63) is 59.1 Å². The van der Waals surface area contributed by atoms with Crippen molar-refractivity contribution in [2.45, 2.75) is 10.4 Å². The Morgan fingerprint density at radius 2 is 1.68 bits per heavy atom. The van der Waals surface area contributed by atoms with E-state index in [4.69, 9.17) is 0 Å². The van der Waals surface area contributed by atoms with Crippen LogP contribution in [0.15, 0.2) is 64.0 Å². The molecule has 22 heavy (non-hydrogen) atoms. The second-order valence-electron chi connectivity index (χ2n) is 4.59. The molecule has 0 aliphatic rings. The van der Waals surface area contributed by atoms with Gasteiger partial charge in [0.1, 0.15) is 0 Å². The average Bonchev–Trinajstić information content (AvgIpc) is 2.46.